The summed E-state index contributed by atoms with van der Waals surface area (Å²) in [7, 11) is 0. The third-order valence-corrected chi connectivity index (χ3v) is 0. The monoisotopic (exact) mass is 564 g/mol. The van der Waals surface area contributed by atoms with E-state index in [0.717, 1.165) is 0 Å². The molecule has 0 atom stereocenters. The first-order valence-corrected chi connectivity index (χ1v) is 0. The third kappa shape index (κ3) is 33.5. The molecule has 0 nitrogen and oxygen atoms in total. The summed E-state index contributed by atoms with van der Waals surface area (Å²) in [4.78, 5) is 0. The molecular formula is S4SrYb2. The molecule has 0 amide bonds. The Morgan fingerprint density at radius 3 is 0.429 bits per heavy atom. The standard InChI is InChI=1S/4S.Sr.2Yb/q4*-2;+2;2*+3. The molecule has 54 valence electrons. The van der Waals surface area contributed by atoms with Gasteiger partial charge in [0.05, 0.1) is 0 Å². The Morgan fingerprint density at radius 2 is 0.429 bits per heavy atom. The molecule has 0 aromatic rings. The maximum Gasteiger partial charge on any atom is 3.00 e. The summed E-state index contributed by atoms with van der Waals surface area (Å²) in [5, 5.41) is 0. The molecule has 0 aliphatic rings. The third-order valence-electron chi connectivity index (χ3n) is 0. The predicted molar refractivity (Wildman–Crippen MR) is 35.2 cm³/mol. The number of rotatable bonds is 0. The number of hydrogen-bond donors (Lipinski definition) is 0. The van der Waals surface area contributed by atoms with E-state index in [1.807, 2.05) is 0 Å². The minimum absolute atomic E-state index is 0. The normalized spacial score (nSPS) is 0. The summed E-state index contributed by atoms with van der Waals surface area (Å²) in [5.74, 6) is 0. The van der Waals surface area contributed by atoms with Crippen molar-refractivity contribution in [1.29, 1.82) is 0 Å². The van der Waals surface area contributed by atoms with Crippen LogP contribution in [0, 0.1) is 93.8 Å². The Kier molecular flexibility index (Phi) is 304. The molecule has 7 heteroatoms. The van der Waals surface area contributed by atoms with Crippen molar-refractivity contribution in [2.24, 2.45) is 0 Å². The Bertz CT molecular complexity index is 9.65. The van der Waals surface area contributed by atoms with Crippen LogP contribution in [0.4, 0.5) is 0 Å². The fourth-order valence-electron chi connectivity index (χ4n) is 0. The first kappa shape index (κ1) is 52.4. The van der Waals surface area contributed by atoms with E-state index in [1.165, 1.54) is 0 Å². The van der Waals surface area contributed by atoms with Crippen LogP contribution in [0.5, 0.6) is 0 Å². The molecule has 0 rings (SSSR count). The van der Waals surface area contributed by atoms with Gasteiger partial charge in [-0.25, -0.2) is 0 Å². The molecule has 0 saturated heterocycles. The summed E-state index contributed by atoms with van der Waals surface area (Å²) in [6, 6.07) is 0. The summed E-state index contributed by atoms with van der Waals surface area (Å²) < 4.78 is 0. The van der Waals surface area contributed by atoms with Gasteiger partial charge in [0.1, 0.15) is 0 Å². The van der Waals surface area contributed by atoms with Gasteiger partial charge in [0.2, 0.25) is 0 Å². The zero-order chi connectivity index (χ0) is 0. The van der Waals surface area contributed by atoms with Gasteiger partial charge in [-0.3, -0.25) is 0 Å². The van der Waals surface area contributed by atoms with Crippen molar-refractivity contribution >= 4 is 99.5 Å². The van der Waals surface area contributed by atoms with Gasteiger partial charge < -0.3 is 54.0 Å². The Morgan fingerprint density at radius 1 is 0.429 bits per heavy atom. The molecule has 0 aliphatic heterocycles. The van der Waals surface area contributed by atoms with Gasteiger partial charge in [-0.1, -0.05) is 0 Å². The summed E-state index contributed by atoms with van der Waals surface area (Å²) >= 11 is 0. The van der Waals surface area contributed by atoms with Crippen molar-refractivity contribution in [2.75, 3.05) is 0 Å². The first-order chi connectivity index (χ1) is 0. The molecule has 0 aromatic carbocycles. The summed E-state index contributed by atoms with van der Waals surface area (Å²) in [6.45, 7) is 0. The Hall–Kier alpha value is 5.92. The average molecular weight is 562 g/mol. The molecule has 0 heterocycles. The Balaban J connectivity index is 0. The first-order valence-electron chi connectivity index (χ1n) is 0. The molecule has 0 bridgehead atoms. The molecule has 0 aromatic heterocycles. The molecular weight excluding hydrogens is 562 g/mol. The van der Waals surface area contributed by atoms with E-state index in [4.69, 9.17) is 0 Å². The number of hydrogen-bond acceptors (Lipinski definition) is 0. The van der Waals surface area contributed by atoms with Crippen molar-refractivity contribution in [3.63, 3.8) is 0 Å². The molecule has 2 radical (unpaired) electrons. The van der Waals surface area contributed by atoms with Crippen LogP contribution in [-0.2, 0) is 54.0 Å². The molecule has 0 N–H and O–H groups in total. The van der Waals surface area contributed by atoms with E-state index < -0.39 is 0 Å². The van der Waals surface area contributed by atoms with Crippen LogP contribution < -0.4 is 0 Å². The summed E-state index contributed by atoms with van der Waals surface area (Å²) in [5.41, 5.74) is 0. The van der Waals surface area contributed by atoms with E-state index in [0.29, 0.717) is 0 Å². The van der Waals surface area contributed by atoms with Crippen molar-refractivity contribution in [3.05, 3.63) is 0 Å². The fourth-order valence-corrected chi connectivity index (χ4v) is 0. The largest absolute Gasteiger partial charge is 3.00 e. The van der Waals surface area contributed by atoms with Crippen LogP contribution >= 0.6 is 0 Å². The smallest absolute Gasteiger partial charge is 2.00 e. The summed E-state index contributed by atoms with van der Waals surface area (Å²) in [6.07, 6.45) is 0. The zero-order valence-electron chi connectivity index (χ0n) is 2.87. The predicted octanol–water partition coefficient (Wildman–Crippen LogP) is -0.390. The Labute approximate surface area is 187 Å². The van der Waals surface area contributed by atoms with E-state index >= 15 is 0 Å². The van der Waals surface area contributed by atoms with Gasteiger partial charge in [-0.2, -0.15) is 0 Å². The van der Waals surface area contributed by atoms with Crippen LogP contribution in [-0.4, -0.2) is 45.5 Å². The SMILES string of the molecule is [S-2].[S-2].[S-2].[S-2].[Sr+2].[Yb+3].[Yb+3]. The van der Waals surface area contributed by atoms with Gasteiger partial charge in [0.15, 0.2) is 0 Å². The van der Waals surface area contributed by atoms with Crippen LogP contribution in [0.3, 0.4) is 0 Å². The van der Waals surface area contributed by atoms with Crippen molar-refractivity contribution in [3.8, 4) is 0 Å². The van der Waals surface area contributed by atoms with Crippen LogP contribution in [0.25, 0.3) is 0 Å². The molecule has 0 saturated carbocycles. The topological polar surface area (TPSA) is 0 Å². The van der Waals surface area contributed by atoms with Gasteiger partial charge >= 0.3 is 139 Å². The fraction of sp³-hybridized carbons (Fsp3) is 0. The maximum atomic E-state index is 0. The second-order valence-corrected chi connectivity index (χ2v) is 0. The molecule has 0 fully saturated rings. The van der Waals surface area contributed by atoms with Crippen molar-refractivity contribution < 1.29 is 93.8 Å². The average Bonchev–Trinajstić information content (AvgIpc) is 0. The van der Waals surface area contributed by atoms with Crippen molar-refractivity contribution in [2.45, 2.75) is 0 Å². The second kappa shape index (κ2) is 40.6. The molecule has 7 heavy (non-hydrogen) atoms. The van der Waals surface area contributed by atoms with Gasteiger partial charge in [-0.05, 0) is 0 Å². The van der Waals surface area contributed by atoms with E-state index in [1.54, 1.807) is 0 Å². The van der Waals surface area contributed by atoms with Gasteiger partial charge in [0, 0.05) is 0 Å². The quantitative estimate of drug-likeness (QED) is 0.354. The molecule has 0 unspecified atom stereocenters. The maximum absolute atomic E-state index is 0. The van der Waals surface area contributed by atoms with Crippen LogP contribution in [0.2, 0.25) is 0 Å². The second-order valence-electron chi connectivity index (χ2n) is 0. The van der Waals surface area contributed by atoms with Crippen LogP contribution in [0.1, 0.15) is 0 Å². The molecule has 0 aliphatic carbocycles. The van der Waals surface area contributed by atoms with Gasteiger partial charge in [0.25, 0.3) is 0 Å². The van der Waals surface area contributed by atoms with Crippen molar-refractivity contribution in [1.82, 2.24) is 0 Å². The zero-order valence-corrected chi connectivity index (χ0v) is 13.0. The minimum Gasteiger partial charge on any atom is -2.00 e. The minimum atomic E-state index is 0. The van der Waals surface area contributed by atoms with E-state index in [2.05, 4.69) is 0 Å². The molecule has 0 spiro atoms. The van der Waals surface area contributed by atoms with Crippen LogP contribution in [0.15, 0.2) is 0 Å². The van der Waals surface area contributed by atoms with E-state index in [-0.39, 0.29) is 193 Å². The van der Waals surface area contributed by atoms with Gasteiger partial charge in [-0.15, -0.1) is 0 Å². The van der Waals surface area contributed by atoms with E-state index in [9.17, 15) is 0 Å².